The predicted octanol–water partition coefficient (Wildman–Crippen LogP) is -0.568. The van der Waals surface area contributed by atoms with E-state index in [-0.39, 0.29) is 38.1 Å². The van der Waals surface area contributed by atoms with Gasteiger partial charge in [0, 0.05) is 13.0 Å². The second-order valence-corrected chi connectivity index (χ2v) is 4.85. The lowest BCUT2D eigenvalue weighted by Gasteiger charge is -2.40. The molecule has 5 heteroatoms. The molecule has 0 aromatic rings. The van der Waals surface area contributed by atoms with Gasteiger partial charge in [-0.15, -0.1) is 0 Å². The highest BCUT2D eigenvalue weighted by molar-refractivity contribution is 5.13. The van der Waals surface area contributed by atoms with Gasteiger partial charge in [-0.2, -0.15) is 0 Å². The van der Waals surface area contributed by atoms with Crippen LogP contribution >= 0.6 is 0 Å². The van der Waals surface area contributed by atoms with Crippen LogP contribution in [0.3, 0.4) is 0 Å². The van der Waals surface area contributed by atoms with Gasteiger partial charge in [0.05, 0.1) is 18.8 Å². The van der Waals surface area contributed by atoms with E-state index in [1.54, 1.807) is 0 Å². The fourth-order valence-electron chi connectivity index (χ4n) is 2.79. The number of aliphatic hydroxyl groups excluding tert-OH is 3. The van der Waals surface area contributed by atoms with Gasteiger partial charge in [0.1, 0.15) is 18.3 Å². The summed E-state index contributed by atoms with van der Waals surface area (Å²) < 4.78 is 11.7. The molecule has 5 nitrogen and oxygen atoms in total. The van der Waals surface area contributed by atoms with Crippen LogP contribution in [0.5, 0.6) is 0 Å². The Hall–Kier alpha value is -0.640. The van der Waals surface area contributed by atoms with E-state index < -0.39 is 5.60 Å². The van der Waals surface area contributed by atoms with Crippen molar-refractivity contribution in [1.29, 1.82) is 0 Å². The third kappa shape index (κ3) is 2.68. The molecule has 2 aliphatic rings. The van der Waals surface area contributed by atoms with Gasteiger partial charge in [0.25, 0.3) is 0 Å². The van der Waals surface area contributed by atoms with Crippen LogP contribution in [0.25, 0.3) is 0 Å². The Morgan fingerprint density at radius 3 is 2.72 bits per heavy atom. The molecule has 0 aliphatic carbocycles. The maximum absolute atomic E-state index is 9.62. The van der Waals surface area contributed by atoms with Gasteiger partial charge in [-0.25, -0.2) is 0 Å². The number of ether oxygens (including phenoxy) is 2. The zero-order chi connectivity index (χ0) is 13.0. The second kappa shape index (κ2) is 6.00. The molecular weight excluding hydrogens is 236 g/mol. The third-order valence-corrected chi connectivity index (χ3v) is 3.66. The van der Waals surface area contributed by atoms with E-state index >= 15 is 0 Å². The highest BCUT2D eigenvalue weighted by Gasteiger charge is 2.52. The first-order valence-electron chi connectivity index (χ1n) is 6.38. The number of rotatable bonds is 3. The van der Waals surface area contributed by atoms with Gasteiger partial charge in [-0.05, 0) is 19.3 Å². The fraction of sp³-hybridized carbons (Fsp3) is 0.846. The predicted molar refractivity (Wildman–Crippen MR) is 63.8 cm³/mol. The summed E-state index contributed by atoms with van der Waals surface area (Å²) in [7, 11) is 0. The van der Waals surface area contributed by atoms with Crippen molar-refractivity contribution < 1.29 is 24.8 Å². The average molecular weight is 256 g/mol. The highest BCUT2D eigenvalue weighted by Crippen LogP contribution is 2.41. The van der Waals surface area contributed by atoms with Gasteiger partial charge in [-0.3, -0.25) is 0 Å². The van der Waals surface area contributed by atoms with Crippen LogP contribution in [0.4, 0.5) is 0 Å². The topological polar surface area (TPSA) is 79.2 Å². The Labute approximate surface area is 107 Å². The molecular formula is C13H20O5. The summed E-state index contributed by atoms with van der Waals surface area (Å²) in [5.74, 6) is 5.41. The summed E-state index contributed by atoms with van der Waals surface area (Å²) >= 11 is 0. The minimum Gasteiger partial charge on any atom is -0.396 e. The molecule has 3 N–H and O–H groups in total. The number of aliphatic hydroxyl groups is 3. The molecule has 2 fully saturated rings. The lowest BCUT2D eigenvalue weighted by atomic mass is 9.87. The minimum atomic E-state index is -0.688. The summed E-state index contributed by atoms with van der Waals surface area (Å²) in [6.07, 6.45) is 2.28. The molecule has 0 bridgehead atoms. The maximum atomic E-state index is 9.62. The van der Waals surface area contributed by atoms with E-state index in [1.165, 1.54) is 0 Å². The Kier molecular flexibility index (Phi) is 4.60. The van der Waals surface area contributed by atoms with Crippen LogP contribution in [0.15, 0.2) is 0 Å². The molecule has 0 spiro atoms. The molecule has 0 saturated carbocycles. The highest BCUT2D eigenvalue weighted by atomic mass is 16.6. The Bertz CT molecular complexity index is 334. The van der Waals surface area contributed by atoms with Crippen LogP contribution < -0.4 is 0 Å². The molecule has 2 saturated heterocycles. The SMILES string of the molecule is OCC#CC1CC2(CO)OC(CCO)CCC2O1. The molecule has 2 heterocycles. The van der Waals surface area contributed by atoms with Crippen LogP contribution in [0, 0.1) is 11.8 Å². The summed E-state index contributed by atoms with van der Waals surface area (Å²) in [5.41, 5.74) is -0.688. The van der Waals surface area contributed by atoms with E-state index in [9.17, 15) is 5.11 Å². The largest absolute Gasteiger partial charge is 0.396 e. The van der Waals surface area contributed by atoms with Crippen molar-refractivity contribution in [2.45, 2.75) is 49.6 Å². The molecule has 4 unspecified atom stereocenters. The zero-order valence-electron chi connectivity index (χ0n) is 10.3. The smallest absolute Gasteiger partial charge is 0.121 e. The van der Waals surface area contributed by atoms with E-state index in [4.69, 9.17) is 19.7 Å². The fourth-order valence-corrected chi connectivity index (χ4v) is 2.79. The summed E-state index contributed by atoms with van der Waals surface area (Å²) in [4.78, 5) is 0. The second-order valence-electron chi connectivity index (χ2n) is 4.85. The third-order valence-electron chi connectivity index (χ3n) is 3.66. The van der Waals surface area contributed by atoms with E-state index in [0.29, 0.717) is 12.8 Å². The molecule has 4 atom stereocenters. The first-order chi connectivity index (χ1) is 8.74. The number of hydrogen-bond acceptors (Lipinski definition) is 5. The van der Waals surface area contributed by atoms with E-state index in [1.807, 2.05) is 0 Å². The number of fused-ring (bicyclic) bond motifs is 1. The molecule has 2 aliphatic heterocycles. The van der Waals surface area contributed by atoms with Crippen molar-refractivity contribution >= 4 is 0 Å². The lowest BCUT2D eigenvalue weighted by molar-refractivity contribution is -0.184. The normalized spacial score (nSPS) is 38.9. The summed E-state index contributed by atoms with van der Waals surface area (Å²) in [6.45, 7) is -0.201. The molecule has 0 radical (unpaired) electrons. The van der Waals surface area contributed by atoms with Crippen LogP contribution in [0.1, 0.15) is 25.7 Å². The molecule has 102 valence electrons. The molecule has 0 aromatic carbocycles. The van der Waals surface area contributed by atoms with Gasteiger partial charge < -0.3 is 24.8 Å². The van der Waals surface area contributed by atoms with Crippen molar-refractivity contribution in [1.82, 2.24) is 0 Å². The molecule has 0 aromatic heterocycles. The van der Waals surface area contributed by atoms with E-state index in [2.05, 4.69) is 11.8 Å². The van der Waals surface area contributed by atoms with Crippen LogP contribution in [-0.2, 0) is 9.47 Å². The van der Waals surface area contributed by atoms with Gasteiger partial charge in [-0.1, -0.05) is 11.8 Å². The maximum Gasteiger partial charge on any atom is 0.121 e. The van der Waals surface area contributed by atoms with Gasteiger partial charge in [0.2, 0.25) is 0 Å². The summed E-state index contributed by atoms with van der Waals surface area (Å²) in [5, 5.41) is 27.3. The van der Waals surface area contributed by atoms with Crippen molar-refractivity contribution in [2.75, 3.05) is 19.8 Å². The van der Waals surface area contributed by atoms with Crippen molar-refractivity contribution in [3.63, 3.8) is 0 Å². The molecule has 18 heavy (non-hydrogen) atoms. The van der Waals surface area contributed by atoms with Crippen molar-refractivity contribution in [3.05, 3.63) is 0 Å². The van der Waals surface area contributed by atoms with Crippen LogP contribution in [0.2, 0.25) is 0 Å². The first kappa shape index (κ1) is 13.8. The minimum absolute atomic E-state index is 0.0217. The monoisotopic (exact) mass is 256 g/mol. The Balaban J connectivity index is 2.05. The molecule has 2 rings (SSSR count). The van der Waals surface area contributed by atoms with Gasteiger partial charge >= 0.3 is 0 Å². The lowest BCUT2D eigenvalue weighted by Crippen LogP contribution is -2.51. The quantitative estimate of drug-likeness (QED) is 0.589. The van der Waals surface area contributed by atoms with E-state index in [0.717, 1.165) is 12.8 Å². The van der Waals surface area contributed by atoms with Crippen LogP contribution in [-0.4, -0.2) is 59.1 Å². The Morgan fingerprint density at radius 2 is 2.06 bits per heavy atom. The Morgan fingerprint density at radius 1 is 1.22 bits per heavy atom. The summed E-state index contributed by atoms with van der Waals surface area (Å²) in [6, 6.07) is 0. The molecule has 0 amide bonds. The standard InChI is InChI=1S/C13H20O5/c14-6-1-2-11-8-13(9-16)12(17-11)4-3-10(18-13)5-7-15/h10-12,14-16H,3-9H2. The van der Waals surface area contributed by atoms with Crippen molar-refractivity contribution in [2.24, 2.45) is 0 Å². The average Bonchev–Trinajstić information content (AvgIpc) is 2.75. The first-order valence-corrected chi connectivity index (χ1v) is 6.38. The number of hydrogen-bond donors (Lipinski definition) is 3. The zero-order valence-corrected chi connectivity index (χ0v) is 10.3. The van der Waals surface area contributed by atoms with Crippen molar-refractivity contribution in [3.8, 4) is 11.8 Å². The van der Waals surface area contributed by atoms with Gasteiger partial charge in [0.15, 0.2) is 0 Å².